The van der Waals surface area contributed by atoms with Gasteiger partial charge in [-0.15, -0.1) is 0 Å². The Bertz CT molecular complexity index is 333. The number of nitrogens with zero attached hydrogens (tertiary/aromatic N) is 1. The van der Waals surface area contributed by atoms with Gasteiger partial charge in [0.05, 0.1) is 6.61 Å². The van der Waals surface area contributed by atoms with Gasteiger partial charge in [-0.2, -0.15) is 0 Å². The van der Waals surface area contributed by atoms with Crippen LogP contribution in [-0.2, 0) is 9.53 Å². The van der Waals surface area contributed by atoms with Crippen molar-refractivity contribution >= 4 is 5.91 Å². The summed E-state index contributed by atoms with van der Waals surface area (Å²) < 4.78 is 5.46. The van der Waals surface area contributed by atoms with E-state index in [1.165, 1.54) is 12.3 Å². The van der Waals surface area contributed by atoms with E-state index in [1.807, 2.05) is 6.92 Å². The summed E-state index contributed by atoms with van der Waals surface area (Å²) in [6, 6.07) is 0.185. The number of nitrogens with two attached hydrogens (primary N) is 1. The fraction of sp³-hybridized carbons (Fsp3) is 0.700. The number of carbonyl (C=O) groups is 1. The molecule has 6 heteroatoms. The van der Waals surface area contributed by atoms with Crippen LogP contribution in [0, 0.1) is 0 Å². The second kappa shape index (κ2) is 3.73. The first kappa shape index (κ1) is 11.4. The van der Waals surface area contributed by atoms with E-state index in [0.717, 1.165) is 0 Å². The summed E-state index contributed by atoms with van der Waals surface area (Å²) in [4.78, 5) is 12.4. The zero-order chi connectivity index (χ0) is 11.9. The molecule has 0 radical (unpaired) electrons. The van der Waals surface area contributed by atoms with E-state index in [-0.39, 0.29) is 12.6 Å². The molecular formula is C10H16N2O4. The molecule has 2 aliphatic rings. The summed E-state index contributed by atoms with van der Waals surface area (Å²) >= 11 is 0. The molecule has 0 aromatic carbocycles. The molecule has 2 rings (SSSR count). The number of primary amides is 1. The zero-order valence-corrected chi connectivity index (χ0v) is 9.04. The van der Waals surface area contributed by atoms with Crippen molar-refractivity contribution in [3.05, 3.63) is 12.3 Å². The Morgan fingerprint density at radius 1 is 1.75 bits per heavy atom. The molecule has 90 valence electrons. The van der Waals surface area contributed by atoms with Crippen LogP contribution in [0.2, 0.25) is 0 Å². The maximum Gasteiger partial charge on any atom is 0.242 e. The first-order valence-electron chi connectivity index (χ1n) is 5.24. The fourth-order valence-electron chi connectivity index (χ4n) is 2.45. The van der Waals surface area contributed by atoms with Crippen LogP contribution in [-0.4, -0.2) is 51.6 Å². The summed E-state index contributed by atoms with van der Waals surface area (Å²) in [6.07, 6.45) is 2.18. The van der Waals surface area contributed by atoms with Crippen LogP contribution in [0.15, 0.2) is 12.3 Å². The van der Waals surface area contributed by atoms with E-state index >= 15 is 0 Å². The Hall–Kier alpha value is -1.11. The summed E-state index contributed by atoms with van der Waals surface area (Å²) in [7, 11) is 0. The van der Waals surface area contributed by atoms with E-state index < -0.39 is 23.8 Å². The number of aliphatic hydroxyl groups is 2. The average Bonchev–Trinajstić information content (AvgIpc) is 2.21. The van der Waals surface area contributed by atoms with Crippen molar-refractivity contribution in [2.45, 2.75) is 37.3 Å². The van der Waals surface area contributed by atoms with E-state index in [0.29, 0.717) is 6.42 Å². The van der Waals surface area contributed by atoms with Gasteiger partial charge in [-0.25, -0.2) is 0 Å². The van der Waals surface area contributed by atoms with Crippen molar-refractivity contribution in [3.8, 4) is 0 Å². The van der Waals surface area contributed by atoms with Crippen molar-refractivity contribution in [3.63, 3.8) is 0 Å². The molecule has 16 heavy (non-hydrogen) atoms. The van der Waals surface area contributed by atoms with Crippen molar-refractivity contribution in [2.24, 2.45) is 5.73 Å². The van der Waals surface area contributed by atoms with Crippen LogP contribution in [0.1, 0.15) is 13.3 Å². The van der Waals surface area contributed by atoms with Gasteiger partial charge in [-0.3, -0.25) is 4.79 Å². The van der Waals surface area contributed by atoms with Gasteiger partial charge in [0.2, 0.25) is 5.91 Å². The molecule has 4 N–H and O–H groups in total. The van der Waals surface area contributed by atoms with Crippen LogP contribution in [0.25, 0.3) is 0 Å². The smallest absolute Gasteiger partial charge is 0.242 e. The molecule has 0 bridgehead atoms. The average molecular weight is 228 g/mol. The molecule has 2 fully saturated rings. The minimum Gasteiger partial charge on any atom is -0.394 e. The van der Waals surface area contributed by atoms with Gasteiger partial charge in [-0.1, -0.05) is 0 Å². The number of ether oxygens (including phenoxy) is 1. The maximum atomic E-state index is 10.6. The maximum absolute atomic E-state index is 10.6. The monoisotopic (exact) mass is 228 g/mol. The third kappa shape index (κ3) is 1.41. The Balaban J connectivity index is 2.05. The van der Waals surface area contributed by atoms with Gasteiger partial charge in [0.25, 0.3) is 0 Å². The number of rotatable bonds is 3. The van der Waals surface area contributed by atoms with Gasteiger partial charge < -0.3 is 25.6 Å². The molecule has 1 spiro atoms. The summed E-state index contributed by atoms with van der Waals surface area (Å²) in [5.74, 6) is -0.540. The van der Waals surface area contributed by atoms with Crippen molar-refractivity contribution in [2.75, 3.05) is 6.61 Å². The van der Waals surface area contributed by atoms with Gasteiger partial charge in [0, 0.05) is 24.7 Å². The van der Waals surface area contributed by atoms with Gasteiger partial charge in [-0.05, 0) is 6.92 Å². The van der Waals surface area contributed by atoms with Crippen LogP contribution < -0.4 is 5.73 Å². The van der Waals surface area contributed by atoms with Gasteiger partial charge in [0.15, 0.2) is 5.72 Å². The normalized spacial score (nSPS) is 42.2. The van der Waals surface area contributed by atoms with Crippen LogP contribution in [0.3, 0.4) is 0 Å². The lowest BCUT2D eigenvalue weighted by atomic mass is 9.78. The molecule has 6 nitrogen and oxygen atoms in total. The molecule has 4 unspecified atom stereocenters. The van der Waals surface area contributed by atoms with E-state index in [2.05, 4.69) is 0 Å². The number of carbonyl (C=O) groups excluding carboxylic acids is 1. The topological polar surface area (TPSA) is 96.0 Å². The molecule has 2 heterocycles. The highest BCUT2D eigenvalue weighted by molar-refractivity contribution is 5.85. The predicted molar refractivity (Wildman–Crippen MR) is 54.9 cm³/mol. The van der Waals surface area contributed by atoms with E-state index in [9.17, 15) is 9.90 Å². The van der Waals surface area contributed by atoms with Crippen molar-refractivity contribution < 1.29 is 19.7 Å². The summed E-state index contributed by atoms with van der Waals surface area (Å²) in [6.45, 7) is 1.75. The van der Waals surface area contributed by atoms with Crippen molar-refractivity contribution in [1.29, 1.82) is 0 Å². The number of aliphatic hydroxyl groups excluding tert-OH is 2. The number of likely N-dealkylation sites (tertiary alicyclic amines) is 1. The minimum atomic E-state index is -0.765. The van der Waals surface area contributed by atoms with Gasteiger partial charge in [0.1, 0.15) is 12.2 Å². The molecule has 2 aliphatic heterocycles. The highest BCUT2D eigenvalue weighted by atomic mass is 16.6. The highest BCUT2D eigenvalue weighted by Gasteiger charge is 2.64. The molecular weight excluding hydrogens is 212 g/mol. The lowest BCUT2D eigenvalue weighted by molar-refractivity contribution is -0.391. The molecule has 0 aromatic heterocycles. The number of amides is 1. The third-order valence-electron chi connectivity index (χ3n) is 3.25. The first-order chi connectivity index (χ1) is 7.51. The molecule has 0 aliphatic carbocycles. The van der Waals surface area contributed by atoms with Crippen molar-refractivity contribution in [1.82, 2.24) is 4.90 Å². The molecule has 2 saturated heterocycles. The number of hydrogen-bond acceptors (Lipinski definition) is 5. The quantitative estimate of drug-likeness (QED) is 0.512. The first-order valence-corrected chi connectivity index (χ1v) is 5.24. The van der Waals surface area contributed by atoms with Crippen LogP contribution in [0.4, 0.5) is 0 Å². The summed E-state index contributed by atoms with van der Waals surface area (Å²) in [5, 5.41) is 18.7. The predicted octanol–water partition coefficient (Wildman–Crippen LogP) is -1.47. The van der Waals surface area contributed by atoms with Crippen LogP contribution >= 0.6 is 0 Å². The Kier molecular flexibility index (Phi) is 2.65. The third-order valence-corrected chi connectivity index (χ3v) is 3.25. The Labute approximate surface area is 93.3 Å². The number of hydrogen-bond donors (Lipinski definition) is 3. The molecule has 4 atom stereocenters. The Morgan fingerprint density at radius 3 is 2.88 bits per heavy atom. The Morgan fingerprint density at radius 2 is 2.44 bits per heavy atom. The standard InChI is InChI=1S/C10H16N2O4/c1-6-4-10(9(15)7(5-13)16-10)12(6)3-2-8(11)14/h2-3,6-7,9,13,15H,4-5H2,1H3,(H2,11,14)/b3-2-. The lowest BCUT2D eigenvalue weighted by Gasteiger charge is -2.66. The second-order valence-corrected chi connectivity index (χ2v) is 4.31. The van der Waals surface area contributed by atoms with E-state index in [4.69, 9.17) is 15.6 Å². The fourth-order valence-corrected chi connectivity index (χ4v) is 2.45. The summed E-state index contributed by atoms with van der Waals surface area (Å²) in [5.41, 5.74) is 4.24. The highest BCUT2D eigenvalue weighted by Crippen LogP contribution is 2.49. The molecule has 0 aromatic rings. The van der Waals surface area contributed by atoms with E-state index in [1.54, 1.807) is 4.90 Å². The largest absolute Gasteiger partial charge is 0.394 e. The lowest BCUT2D eigenvalue weighted by Crippen LogP contribution is -2.80. The second-order valence-electron chi connectivity index (χ2n) is 4.31. The van der Waals surface area contributed by atoms with Gasteiger partial charge >= 0.3 is 0 Å². The molecule has 1 amide bonds. The minimum absolute atomic E-state index is 0.185. The SMILES string of the molecule is CC1CC2(OC(CO)C2O)N1/C=C\C(N)=O. The molecule has 0 saturated carbocycles. The zero-order valence-electron chi connectivity index (χ0n) is 9.04. The van der Waals surface area contributed by atoms with Crippen LogP contribution in [0.5, 0.6) is 0 Å².